The number of thiophene rings is 1. The first-order chi connectivity index (χ1) is 5.86. The number of rotatable bonds is 0. The fourth-order valence-corrected chi connectivity index (χ4v) is 2.17. The van der Waals surface area contributed by atoms with E-state index in [1.807, 2.05) is 25.2 Å². The van der Waals surface area contributed by atoms with Gasteiger partial charge in [-0.15, -0.1) is 11.3 Å². The van der Waals surface area contributed by atoms with E-state index in [1.54, 1.807) is 0 Å². The van der Waals surface area contributed by atoms with E-state index >= 15 is 0 Å². The van der Waals surface area contributed by atoms with Crippen molar-refractivity contribution in [3.8, 4) is 0 Å². The maximum atomic E-state index is 2.29. The van der Waals surface area contributed by atoms with E-state index in [4.69, 9.17) is 0 Å². The van der Waals surface area contributed by atoms with Crippen LogP contribution < -0.4 is 0 Å². The summed E-state index contributed by atoms with van der Waals surface area (Å²) >= 11 is 1.84. The Balaban J connectivity index is 0.000000336. The summed E-state index contributed by atoms with van der Waals surface area (Å²) in [6.07, 6.45) is 5.77. The van der Waals surface area contributed by atoms with Crippen molar-refractivity contribution in [1.82, 2.24) is 0 Å². The smallest absolute Gasteiger partial charge is 0.0299 e. The molecular formula is C11H16S. The predicted molar refractivity (Wildman–Crippen MR) is 57.6 cm³/mol. The van der Waals surface area contributed by atoms with E-state index in [-0.39, 0.29) is 0 Å². The van der Waals surface area contributed by atoms with E-state index in [9.17, 15) is 0 Å². The Morgan fingerprint density at radius 3 is 2.92 bits per heavy atom. The minimum atomic E-state index is 0.738. The predicted octanol–water partition coefficient (Wildman–Crippen LogP) is 3.98. The molecule has 0 aromatic carbocycles. The van der Waals surface area contributed by atoms with Gasteiger partial charge in [-0.1, -0.05) is 26.8 Å². The zero-order chi connectivity index (χ0) is 8.97. The van der Waals surface area contributed by atoms with Crippen LogP contribution >= 0.6 is 11.3 Å². The number of allylic oxidation sites excluding steroid dienone is 1. The lowest BCUT2D eigenvalue weighted by atomic mass is 9.97. The standard InChI is InChI=1S/C9H10S.C2H6/c1-7-2-3-9-8(6-7)4-5-10-9;1-2/h2-5,7H,6H2,1H3;1-2H3. The molecule has 0 saturated carbocycles. The molecule has 0 radical (unpaired) electrons. The maximum absolute atomic E-state index is 2.29. The molecule has 1 atom stereocenters. The van der Waals surface area contributed by atoms with Crippen LogP contribution in [0.15, 0.2) is 17.5 Å². The van der Waals surface area contributed by atoms with E-state index < -0.39 is 0 Å². The zero-order valence-electron chi connectivity index (χ0n) is 8.00. The molecule has 1 heteroatoms. The lowest BCUT2D eigenvalue weighted by Crippen LogP contribution is -1.99. The van der Waals surface area contributed by atoms with E-state index in [0.717, 1.165) is 5.92 Å². The first-order valence-electron chi connectivity index (χ1n) is 4.61. The van der Waals surface area contributed by atoms with Crippen LogP contribution in [-0.4, -0.2) is 0 Å². The topological polar surface area (TPSA) is 0 Å². The van der Waals surface area contributed by atoms with Gasteiger partial charge in [0, 0.05) is 4.88 Å². The van der Waals surface area contributed by atoms with Gasteiger partial charge in [-0.25, -0.2) is 0 Å². The fourth-order valence-electron chi connectivity index (χ4n) is 1.33. The van der Waals surface area contributed by atoms with Gasteiger partial charge in [0.1, 0.15) is 0 Å². The molecule has 66 valence electrons. The Kier molecular flexibility index (Phi) is 3.54. The van der Waals surface area contributed by atoms with Crippen molar-refractivity contribution in [3.63, 3.8) is 0 Å². The second-order valence-electron chi connectivity index (χ2n) is 2.85. The zero-order valence-corrected chi connectivity index (χ0v) is 8.82. The van der Waals surface area contributed by atoms with Crippen LogP contribution in [0.3, 0.4) is 0 Å². The highest BCUT2D eigenvalue weighted by molar-refractivity contribution is 7.11. The normalized spacial score (nSPS) is 19.4. The van der Waals surface area contributed by atoms with Crippen LogP contribution in [0.5, 0.6) is 0 Å². The quantitative estimate of drug-likeness (QED) is 0.566. The lowest BCUT2D eigenvalue weighted by molar-refractivity contribution is 0.720. The van der Waals surface area contributed by atoms with Crippen LogP contribution in [-0.2, 0) is 6.42 Å². The maximum Gasteiger partial charge on any atom is 0.0299 e. The molecule has 0 saturated heterocycles. The van der Waals surface area contributed by atoms with Gasteiger partial charge in [-0.2, -0.15) is 0 Å². The Hall–Kier alpha value is -0.560. The Morgan fingerprint density at radius 1 is 1.42 bits per heavy atom. The van der Waals surface area contributed by atoms with Crippen molar-refractivity contribution >= 4 is 17.4 Å². The number of fused-ring (bicyclic) bond motifs is 1. The molecule has 0 amide bonds. The molecule has 2 rings (SSSR count). The van der Waals surface area contributed by atoms with Gasteiger partial charge < -0.3 is 0 Å². The third-order valence-electron chi connectivity index (χ3n) is 1.90. The van der Waals surface area contributed by atoms with E-state index in [1.165, 1.54) is 16.9 Å². The first-order valence-corrected chi connectivity index (χ1v) is 5.49. The lowest BCUT2D eigenvalue weighted by Gasteiger charge is -2.10. The highest BCUT2D eigenvalue weighted by Gasteiger charge is 2.09. The van der Waals surface area contributed by atoms with Gasteiger partial charge in [-0.05, 0) is 35.4 Å². The van der Waals surface area contributed by atoms with Crippen LogP contribution in [0, 0.1) is 5.92 Å². The van der Waals surface area contributed by atoms with Gasteiger partial charge in [0.15, 0.2) is 0 Å². The summed E-state index contributed by atoms with van der Waals surface area (Å²) in [7, 11) is 0. The van der Waals surface area contributed by atoms with Crippen molar-refractivity contribution < 1.29 is 0 Å². The van der Waals surface area contributed by atoms with Crippen molar-refractivity contribution in [2.45, 2.75) is 27.2 Å². The van der Waals surface area contributed by atoms with Crippen LogP contribution in [0.1, 0.15) is 31.2 Å². The molecule has 1 unspecified atom stereocenters. The van der Waals surface area contributed by atoms with Gasteiger partial charge >= 0.3 is 0 Å². The molecule has 1 heterocycles. The van der Waals surface area contributed by atoms with E-state index in [2.05, 4.69) is 30.5 Å². The molecule has 0 fully saturated rings. The number of hydrogen-bond acceptors (Lipinski definition) is 1. The molecule has 12 heavy (non-hydrogen) atoms. The fraction of sp³-hybridized carbons (Fsp3) is 0.455. The van der Waals surface area contributed by atoms with Crippen LogP contribution in [0.2, 0.25) is 0 Å². The van der Waals surface area contributed by atoms with E-state index in [0.29, 0.717) is 0 Å². The first kappa shape index (κ1) is 9.53. The summed E-state index contributed by atoms with van der Waals surface area (Å²) in [4.78, 5) is 1.46. The van der Waals surface area contributed by atoms with Gasteiger partial charge in [0.05, 0.1) is 0 Å². The average Bonchev–Trinajstić information content (AvgIpc) is 2.54. The molecule has 0 N–H and O–H groups in total. The second kappa shape index (κ2) is 4.46. The molecular weight excluding hydrogens is 164 g/mol. The summed E-state index contributed by atoms with van der Waals surface area (Å²) in [5, 5.41) is 2.17. The monoisotopic (exact) mass is 180 g/mol. The SMILES string of the molecule is CC.CC1C=Cc2sccc2C1. The van der Waals surface area contributed by atoms with Crippen LogP contribution in [0.25, 0.3) is 6.08 Å². The summed E-state index contributed by atoms with van der Waals surface area (Å²) < 4.78 is 0. The van der Waals surface area contributed by atoms with Gasteiger partial charge in [0.2, 0.25) is 0 Å². The molecule has 1 aliphatic rings. The molecule has 0 bridgehead atoms. The average molecular weight is 180 g/mol. The minimum Gasteiger partial charge on any atom is -0.144 e. The molecule has 0 spiro atoms. The summed E-state index contributed by atoms with van der Waals surface area (Å²) in [5.41, 5.74) is 1.53. The Bertz CT molecular complexity index is 258. The highest BCUT2D eigenvalue weighted by Crippen LogP contribution is 2.26. The molecule has 1 aromatic heterocycles. The molecule has 0 nitrogen and oxygen atoms in total. The van der Waals surface area contributed by atoms with Crippen molar-refractivity contribution in [3.05, 3.63) is 28.0 Å². The summed E-state index contributed by atoms with van der Waals surface area (Å²) in [5.74, 6) is 0.738. The van der Waals surface area contributed by atoms with Gasteiger partial charge in [-0.3, -0.25) is 0 Å². The third kappa shape index (κ3) is 1.98. The molecule has 1 aromatic rings. The Labute approximate surface area is 78.9 Å². The second-order valence-corrected chi connectivity index (χ2v) is 3.80. The Morgan fingerprint density at radius 2 is 2.17 bits per heavy atom. The largest absolute Gasteiger partial charge is 0.144 e. The van der Waals surface area contributed by atoms with Crippen LogP contribution in [0.4, 0.5) is 0 Å². The number of hydrogen-bond donors (Lipinski definition) is 0. The summed E-state index contributed by atoms with van der Waals surface area (Å²) in [6, 6.07) is 2.24. The summed E-state index contributed by atoms with van der Waals surface area (Å²) in [6.45, 7) is 6.26. The highest BCUT2D eigenvalue weighted by atomic mass is 32.1. The van der Waals surface area contributed by atoms with Crippen molar-refractivity contribution in [1.29, 1.82) is 0 Å². The molecule has 1 aliphatic carbocycles. The third-order valence-corrected chi connectivity index (χ3v) is 2.82. The van der Waals surface area contributed by atoms with Crippen molar-refractivity contribution in [2.24, 2.45) is 5.92 Å². The minimum absolute atomic E-state index is 0.738. The van der Waals surface area contributed by atoms with Gasteiger partial charge in [0.25, 0.3) is 0 Å². The molecule has 0 aliphatic heterocycles. The van der Waals surface area contributed by atoms with Crippen molar-refractivity contribution in [2.75, 3.05) is 0 Å².